The molecule has 1 aromatic carbocycles. The van der Waals surface area contributed by atoms with E-state index >= 15 is 0 Å². The minimum Gasteiger partial charge on any atom is -0.380 e. The normalized spacial score (nSPS) is 10.9. The molecule has 0 saturated heterocycles. The van der Waals surface area contributed by atoms with Crippen LogP contribution in [0.4, 0.5) is 0 Å². The van der Waals surface area contributed by atoms with E-state index in [1.807, 2.05) is 30.5 Å². The Morgan fingerprint density at radius 2 is 2.17 bits per heavy atom. The molecule has 3 nitrogen and oxygen atoms in total. The van der Waals surface area contributed by atoms with Gasteiger partial charge in [-0.2, -0.15) is 0 Å². The number of carbonyl (C=O) groups excluding carboxylic acids is 1. The molecule has 0 aliphatic rings. The molecular formula is C15H19NO2. The van der Waals surface area contributed by atoms with E-state index in [1.54, 1.807) is 0 Å². The van der Waals surface area contributed by atoms with Crippen LogP contribution < -0.4 is 0 Å². The highest BCUT2D eigenvalue weighted by atomic mass is 16.5. The Bertz CT molecular complexity index is 516. The fourth-order valence-corrected chi connectivity index (χ4v) is 2.00. The number of ether oxygens (including phenoxy) is 1. The zero-order chi connectivity index (χ0) is 12.8. The number of rotatable bonds is 7. The SMILES string of the molecule is CCCCOCCn1ccc2cc(C=O)ccc21. The molecule has 96 valence electrons. The zero-order valence-electron chi connectivity index (χ0n) is 10.8. The second-order valence-electron chi connectivity index (χ2n) is 4.41. The Morgan fingerprint density at radius 3 is 2.94 bits per heavy atom. The summed E-state index contributed by atoms with van der Waals surface area (Å²) in [6.07, 6.45) is 5.21. The predicted octanol–water partition coefficient (Wildman–Crippen LogP) is 3.27. The molecule has 0 bridgehead atoms. The highest BCUT2D eigenvalue weighted by Crippen LogP contribution is 2.16. The van der Waals surface area contributed by atoms with Crippen molar-refractivity contribution in [3.05, 3.63) is 36.0 Å². The molecule has 0 spiro atoms. The van der Waals surface area contributed by atoms with Crippen LogP contribution in [-0.4, -0.2) is 24.1 Å². The fourth-order valence-electron chi connectivity index (χ4n) is 2.00. The molecule has 2 aromatic rings. The lowest BCUT2D eigenvalue weighted by Gasteiger charge is -2.06. The summed E-state index contributed by atoms with van der Waals surface area (Å²) in [4.78, 5) is 10.7. The first kappa shape index (κ1) is 12.8. The molecule has 0 fully saturated rings. The van der Waals surface area contributed by atoms with Crippen molar-refractivity contribution in [3.8, 4) is 0 Å². The number of fused-ring (bicyclic) bond motifs is 1. The van der Waals surface area contributed by atoms with Gasteiger partial charge in [0, 0.05) is 35.8 Å². The Labute approximate surface area is 107 Å². The van der Waals surface area contributed by atoms with Crippen molar-refractivity contribution >= 4 is 17.2 Å². The summed E-state index contributed by atoms with van der Waals surface area (Å²) in [5, 5.41) is 1.10. The maximum Gasteiger partial charge on any atom is 0.150 e. The lowest BCUT2D eigenvalue weighted by Crippen LogP contribution is -2.05. The minimum absolute atomic E-state index is 0.722. The molecule has 0 amide bonds. The largest absolute Gasteiger partial charge is 0.380 e. The standard InChI is InChI=1S/C15H19NO2/c1-2-3-9-18-10-8-16-7-6-14-11-13(12-17)4-5-15(14)16/h4-7,11-12H,2-3,8-10H2,1H3. The summed E-state index contributed by atoms with van der Waals surface area (Å²) in [5.41, 5.74) is 1.87. The van der Waals surface area contributed by atoms with E-state index < -0.39 is 0 Å². The summed E-state index contributed by atoms with van der Waals surface area (Å²) >= 11 is 0. The molecule has 0 radical (unpaired) electrons. The number of benzene rings is 1. The molecule has 18 heavy (non-hydrogen) atoms. The van der Waals surface area contributed by atoms with Gasteiger partial charge in [-0.1, -0.05) is 13.3 Å². The third kappa shape index (κ3) is 2.99. The van der Waals surface area contributed by atoms with Crippen molar-refractivity contribution in [3.63, 3.8) is 0 Å². The van der Waals surface area contributed by atoms with Crippen LogP contribution in [0.1, 0.15) is 30.1 Å². The molecule has 0 unspecified atom stereocenters. The maximum absolute atomic E-state index is 10.7. The summed E-state index contributed by atoms with van der Waals surface area (Å²) in [5.74, 6) is 0. The summed E-state index contributed by atoms with van der Waals surface area (Å²) in [6, 6.07) is 7.79. The Kier molecular flexibility index (Phi) is 4.53. The highest BCUT2D eigenvalue weighted by Gasteiger charge is 2.01. The van der Waals surface area contributed by atoms with Gasteiger partial charge in [0.25, 0.3) is 0 Å². The van der Waals surface area contributed by atoms with E-state index in [4.69, 9.17) is 4.74 Å². The van der Waals surface area contributed by atoms with Gasteiger partial charge in [-0.05, 0) is 30.7 Å². The quantitative estimate of drug-likeness (QED) is 0.553. The second-order valence-corrected chi connectivity index (χ2v) is 4.41. The van der Waals surface area contributed by atoms with Gasteiger partial charge in [0.1, 0.15) is 6.29 Å². The number of aromatic nitrogens is 1. The van der Waals surface area contributed by atoms with E-state index in [9.17, 15) is 4.79 Å². The molecule has 0 N–H and O–H groups in total. The van der Waals surface area contributed by atoms with Crippen molar-refractivity contribution in [1.82, 2.24) is 4.57 Å². The van der Waals surface area contributed by atoms with Crippen LogP contribution in [0, 0.1) is 0 Å². The van der Waals surface area contributed by atoms with Crippen LogP contribution in [0.15, 0.2) is 30.5 Å². The van der Waals surface area contributed by atoms with Crippen molar-refractivity contribution in [2.24, 2.45) is 0 Å². The van der Waals surface area contributed by atoms with Crippen LogP contribution in [0.5, 0.6) is 0 Å². The highest BCUT2D eigenvalue weighted by molar-refractivity contribution is 5.87. The van der Waals surface area contributed by atoms with Crippen molar-refractivity contribution in [1.29, 1.82) is 0 Å². The maximum atomic E-state index is 10.7. The molecule has 0 atom stereocenters. The number of carbonyl (C=O) groups is 1. The molecule has 2 rings (SSSR count). The summed E-state index contributed by atoms with van der Waals surface area (Å²) < 4.78 is 7.73. The van der Waals surface area contributed by atoms with Gasteiger partial charge in [-0.3, -0.25) is 4.79 Å². The first-order chi connectivity index (χ1) is 8.85. The molecular weight excluding hydrogens is 226 g/mol. The third-order valence-corrected chi connectivity index (χ3v) is 3.05. The molecule has 0 saturated carbocycles. The average Bonchev–Trinajstić information content (AvgIpc) is 2.81. The van der Waals surface area contributed by atoms with E-state index in [-0.39, 0.29) is 0 Å². The molecule has 0 aliphatic carbocycles. The van der Waals surface area contributed by atoms with Crippen LogP contribution in [0.2, 0.25) is 0 Å². The lowest BCUT2D eigenvalue weighted by molar-refractivity contribution is 0.112. The van der Waals surface area contributed by atoms with Crippen LogP contribution in [-0.2, 0) is 11.3 Å². The van der Waals surface area contributed by atoms with Crippen LogP contribution >= 0.6 is 0 Å². The topological polar surface area (TPSA) is 31.2 Å². The van der Waals surface area contributed by atoms with Gasteiger partial charge in [-0.25, -0.2) is 0 Å². The van der Waals surface area contributed by atoms with Gasteiger partial charge < -0.3 is 9.30 Å². The van der Waals surface area contributed by atoms with Crippen molar-refractivity contribution in [2.75, 3.05) is 13.2 Å². The van der Waals surface area contributed by atoms with Gasteiger partial charge >= 0.3 is 0 Å². The van der Waals surface area contributed by atoms with Crippen molar-refractivity contribution < 1.29 is 9.53 Å². The zero-order valence-corrected chi connectivity index (χ0v) is 10.8. The minimum atomic E-state index is 0.722. The van der Waals surface area contributed by atoms with Crippen LogP contribution in [0.25, 0.3) is 10.9 Å². The number of hydrogen-bond donors (Lipinski definition) is 0. The van der Waals surface area contributed by atoms with Gasteiger partial charge in [-0.15, -0.1) is 0 Å². The predicted molar refractivity (Wildman–Crippen MR) is 73.1 cm³/mol. The van der Waals surface area contributed by atoms with Gasteiger partial charge in [0.15, 0.2) is 0 Å². The fraction of sp³-hybridized carbons (Fsp3) is 0.400. The Morgan fingerprint density at radius 1 is 1.28 bits per heavy atom. The molecule has 1 heterocycles. The van der Waals surface area contributed by atoms with Crippen LogP contribution in [0.3, 0.4) is 0 Å². The summed E-state index contributed by atoms with van der Waals surface area (Å²) in [7, 11) is 0. The Balaban J connectivity index is 1.99. The van der Waals surface area contributed by atoms with Gasteiger partial charge in [0.2, 0.25) is 0 Å². The average molecular weight is 245 g/mol. The monoisotopic (exact) mass is 245 g/mol. The van der Waals surface area contributed by atoms with E-state index in [0.29, 0.717) is 0 Å². The first-order valence-corrected chi connectivity index (χ1v) is 6.47. The molecule has 0 aliphatic heterocycles. The van der Waals surface area contributed by atoms with Crippen molar-refractivity contribution in [2.45, 2.75) is 26.3 Å². The first-order valence-electron chi connectivity index (χ1n) is 6.47. The van der Waals surface area contributed by atoms with E-state index in [0.717, 1.165) is 48.9 Å². The number of unbranched alkanes of at least 4 members (excludes halogenated alkanes) is 1. The van der Waals surface area contributed by atoms with E-state index in [1.165, 1.54) is 6.42 Å². The third-order valence-electron chi connectivity index (χ3n) is 3.05. The smallest absolute Gasteiger partial charge is 0.150 e. The Hall–Kier alpha value is -1.61. The molecule has 1 aromatic heterocycles. The molecule has 3 heteroatoms. The summed E-state index contributed by atoms with van der Waals surface area (Å²) in [6.45, 7) is 4.59. The number of hydrogen-bond acceptors (Lipinski definition) is 2. The lowest BCUT2D eigenvalue weighted by atomic mass is 10.2. The second kappa shape index (κ2) is 6.36. The number of aldehydes is 1. The van der Waals surface area contributed by atoms with E-state index in [2.05, 4.69) is 11.5 Å². The number of nitrogens with zero attached hydrogens (tertiary/aromatic N) is 1. The van der Waals surface area contributed by atoms with Gasteiger partial charge in [0.05, 0.1) is 6.61 Å².